The first kappa shape index (κ1) is 20.9. The number of rotatable bonds is 6. The van der Waals surface area contributed by atoms with Crippen molar-refractivity contribution >= 4 is 33.8 Å². The highest BCUT2D eigenvalue weighted by atomic mass is 79.9. The number of para-hydroxylation sites is 2. The smallest absolute Gasteiger partial charge is 0.203 e. The van der Waals surface area contributed by atoms with Gasteiger partial charge in [-0.2, -0.15) is 0 Å². The Labute approximate surface area is 183 Å². The molecule has 4 aliphatic carbocycles. The molecule has 0 radical (unpaired) electrons. The maximum absolute atomic E-state index is 13.6. The Hall–Kier alpha value is -1.40. The third kappa shape index (κ3) is 3.52. The number of hydrogen-bond donors (Lipinski definition) is 1. The molecule has 1 heterocycles. The van der Waals surface area contributed by atoms with Crippen molar-refractivity contribution in [2.45, 2.75) is 51.6 Å². The van der Waals surface area contributed by atoms with Crippen LogP contribution in [-0.2, 0) is 17.9 Å². The summed E-state index contributed by atoms with van der Waals surface area (Å²) in [6.07, 6.45) is 7.37. The van der Waals surface area contributed by atoms with Gasteiger partial charge < -0.3 is 14.0 Å². The lowest BCUT2D eigenvalue weighted by atomic mass is 9.48. The van der Waals surface area contributed by atoms with E-state index in [2.05, 4.69) is 35.7 Å². The van der Waals surface area contributed by atoms with Crippen LogP contribution in [0.3, 0.4) is 0 Å². The first-order valence-corrected chi connectivity index (χ1v) is 10.9. The number of nitrogens with one attached hydrogen (secondary N) is 1. The number of halogens is 1. The minimum Gasteiger partial charge on any atom is -0.309 e. The highest BCUT2D eigenvalue weighted by Crippen LogP contribution is 2.60. The fourth-order valence-corrected chi connectivity index (χ4v) is 6.74. The zero-order chi connectivity index (χ0) is 19.5. The van der Waals surface area contributed by atoms with Crippen LogP contribution in [0.2, 0.25) is 0 Å². The first-order chi connectivity index (χ1) is 13.4. The molecule has 2 aromatic rings. The second kappa shape index (κ2) is 7.69. The van der Waals surface area contributed by atoms with Crippen molar-refractivity contribution in [3.05, 3.63) is 29.9 Å². The van der Waals surface area contributed by atoms with Crippen molar-refractivity contribution in [2.24, 2.45) is 23.2 Å². The number of imidazole rings is 1. The maximum atomic E-state index is 13.6. The van der Waals surface area contributed by atoms with Gasteiger partial charge in [0.15, 0.2) is 5.78 Å². The van der Waals surface area contributed by atoms with Crippen LogP contribution in [0.4, 0.5) is 0 Å². The molecule has 0 spiro atoms. The quantitative estimate of drug-likeness (QED) is 0.711. The average molecular weight is 461 g/mol. The molecule has 6 heteroatoms. The summed E-state index contributed by atoms with van der Waals surface area (Å²) in [6.45, 7) is 2.01. The summed E-state index contributed by atoms with van der Waals surface area (Å²) in [7, 11) is 4.11. The Morgan fingerprint density at radius 1 is 1.03 bits per heavy atom. The third-order valence-electron chi connectivity index (χ3n) is 7.68. The molecule has 4 bridgehead atoms. The molecule has 0 aliphatic heterocycles. The summed E-state index contributed by atoms with van der Waals surface area (Å²) in [4.78, 5) is 15.8. The van der Waals surface area contributed by atoms with E-state index < -0.39 is 0 Å². The predicted molar refractivity (Wildman–Crippen MR) is 120 cm³/mol. The number of ketones is 1. The van der Waals surface area contributed by atoms with Crippen molar-refractivity contribution < 1.29 is 4.79 Å². The molecule has 4 saturated carbocycles. The van der Waals surface area contributed by atoms with E-state index in [4.69, 9.17) is 5.41 Å². The highest BCUT2D eigenvalue weighted by molar-refractivity contribution is 8.93. The Morgan fingerprint density at radius 2 is 1.55 bits per heavy atom. The molecular formula is C23H33BrN4O. The average Bonchev–Trinajstić information content (AvgIpc) is 2.90. The number of carbonyl (C=O) groups is 1. The first-order valence-electron chi connectivity index (χ1n) is 10.9. The summed E-state index contributed by atoms with van der Waals surface area (Å²) >= 11 is 0. The molecular weight excluding hydrogens is 428 g/mol. The van der Waals surface area contributed by atoms with E-state index in [-0.39, 0.29) is 22.4 Å². The molecule has 1 N–H and O–H groups in total. The number of carbonyl (C=O) groups excluding carboxylic acids is 1. The monoisotopic (exact) mass is 460 g/mol. The third-order valence-corrected chi connectivity index (χ3v) is 7.68. The van der Waals surface area contributed by atoms with Crippen molar-refractivity contribution in [1.29, 1.82) is 5.41 Å². The number of benzene rings is 1. The molecule has 158 valence electrons. The molecule has 5 nitrogen and oxygen atoms in total. The van der Waals surface area contributed by atoms with Gasteiger partial charge in [-0.25, -0.2) is 0 Å². The number of Topliss-reactive ketones (excluding diaryl/α,β-unsaturated/α-hetero) is 1. The Kier molecular flexibility index (Phi) is 5.53. The van der Waals surface area contributed by atoms with Gasteiger partial charge in [-0.15, -0.1) is 17.0 Å². The van der Waals surface area contributed by atoms with Crippen molar-refractivity contribution in [3.8, 4) is 0 Å². The molecule has 0 unspecified atom stereocenters. The summed E-state index contributed by atoms with van der Waals surface area (Å²) in [5.41, 5.74) is 2.44. The van der Waals surface area contributed by atoms with Gasteiger partial charge in [0.1, 0.15) is 0 Å². The van der Waals surface area contributed by atoms with E-state index in [1.165, 1.54) is 19.3 Å². The van der Waals surface area contributed by atoms with Gasteiger partial charge in [-0.3, -0.25) is 10.2 Å². The molecule has 4 aliphatic rings. The summed E-state index contributed by atoms with van der Waals surface area (Å²) in [5.74, 6) is 2.71. The Bertz CT molecular complexity index is 938. The van der Waals surface area contributed by atoms with Gasteiger partial charge in [-0.05, 0) is 82.5 Å². The second-order valence-electron chi connectivity index (χ2n) is 9.97. The van der Waals surface area contributed by atoms with E-state index in [9.17, 15) is 4.79 Å². The molecule has 1 aromatic carbocycles. The minimum atomic E-state index is -0.0962. The number of fused-ring (bicyclic) bond motifs is 1. The molecule has 29 heavy (non-hydrogen) atoms. The fourth-order valence-electron chi connectivity index (χ4n) is 6.74. The largest absolute Gasteiger partial charge is 0.309 e. The van der Waals surface area contributed by atoms with Crippen LogP contribution in [0.5, 0.6) is 0 Å². The van der Waals surface area contributed by atoms with Crippen LogP contribution in [0, 0.1) is 28.6 Å². The van der Waals surface area contributed by atoms with E-state index in [1.807, 2.05) is 16.7 Å². The molecule has 1 aromatic heterocycles. The number of hydrogen-bond acceptors (Lipinski definition) is 3. The van der Waals surface area contributed by atoms with E-state index in [1.54, 1.807) is 0 Å². The van der Waals surface area contributed by atoms with Crippen LogP contribution in [0.1, 0.15) is 38.5 Å². The predicted octanol–water partition coefficient (Wildman–Crippen LogP) is 3.85. The van der Waals surface area contributed by atoms with Crippen LogP contribution in [-0.4, -0.2) is 40.5 Å². The van der Waals surface area contributed by atoms with Crippen molar-refractivity contribution in [3.63, 3.8) is 0 Å². The molecule has 4 fully saturated rings. The van der Waals surface area contributed by atoms with Crippen LogP contribution in [0.15, 0.2) is 24.3 Å². The second-order valence-corrected chi connectivity index (χ2v) is 9.97. The summed E-state index contributed by atoms with van der Waals surface area (Å²) in [5, 5.41) is 8.80. The lowest BCUT2D eigenvalue weighted by Crippen LogP contribution is -2.51. The topological polar surface area (TPSA) is 54.0 Å². The molecule has 6 rings (SSSR count). The van der Waals surface area contributed by atoms with Crippen LogP contribution in [0.25, 0.3) is 11.0 Å². The number of aromatic nitrogens is 2. The van der Waals surface area contributed by atoms with Gasteiger partial charge in [-0.1, -0.05) is 12.1 Å². The Morgan fingerprint density at radius 3 is 2.07 bits per heavy atom. The zero-order valence-corrected chi connectivity index (χ0v) is 19.3. The summed E-state index contributed by atoms with van der Waals surface area (Å²) in [6, 6.07) is 8.18. The normalized spacial score (nSPS) is 30.1. The van der Waals surface area contributed by atoms with Gasteiger partial charge in [0, 0.05) is 18.5 Å². The lowest BCUT2D eigenvalue weighted by Gasteiger charge is -2.56. The van der Waals surface area contributed by atoms with E-state index >= 15 is 0 Å². The van der Waals surface area contributed by atoms with Gasteiger partial charge in [0.05, 0.1) is 17.6 Å². The van der Waals surface area contributed by atoms with Crippen LogP contribution < -0.4 is 5.62 Å². The van der Waals surface area contributed by atoms with E-state index in [0.29, 0.717) is 17.9 Å². The van der Waals surface area contributed by atoms with Gasteiger partial charge in [0.25, 0.3) is 0 Å². The van der Waals surface area contributed by atoms with E-state index in [0.717, 1.165) is 61.1 Å². The number of nitrogens with zero attached hydrogens (tertiary/aromatic N) is 3. The molecule has 0 amide bonds. The molecule has 0 atom stereocenters. The van der Waals surface area contributed by atoms with Gasteiger partial charge >= 0.3 is 0 Å². The number of likely N-dealkylation sites (N-methyl/N-ethyl adjacent to an activating group) is 1. The summed E-state index contributed by atoms with van der Waals surface area (Å²) < 4.78 is 4.02. The van der Waals surface area contributed by atoms with Crippen molar-refractivity contribution in [1.82, 2.24) is 14.0 Å². The minimum absolute atomic E-state index is 0. The lowest BCUT2D eigenvalue weighted by molar-refractivity contribution is -0.144. The fraction of sp³-hybridized carbons (Fsp3) is 0.652. The highest BCUT2D eigenvalue weighted by Gasteiger charge is 2.54. The van der Waals surface area contributed by atoms with Crippen molar-refractivity contribution in [2.75, 3.05) is 20.6 Å². The maximum Gasteiger partial charge on any atom is 0.203 e. The molecule has 0 saturated heterocycles. The SMILES string of the molecule is Br.CN(C)CCn1c(=N)n(CC(=O)C23CC4CC(CC(C4)C2)C3)c2ccccc21. The zero-order valence-electron chi connectivity index (χ0n) is 17.6. The van der Waals surface area contributed by atoms with Crippen LogP contribution >= 0.6 is 17.0 Å². The van der Waals surface area contributed by atoms with Gasteiger partial charge in [0.2, 0.25) is 5.62 Å². The Balaban J connectivity index is 0.00000205. The standard InChI is InChI=1S/C23H32N4O.BrH/c1-25(2)7-8-26-19-5-3-4-6-20(19)27(22(26)24)15-21(28)23-12-16-9-17(13-23)11-18(10-16)14-23;/h3-6,16-18,24H,7-15H2,1-2H3;1H.